The molecule has 24 heavy (non-hydrogen) atoms. The smallest absolute Gasteiger partial charge is 0.253 e. The predicted molar refractivity (Wildman–Crippen MR) is 90.5 cm³/mol. The first-order valence-corrected chi connectivity index (χ1v) is 8.32. The van der Waals surface area contributed by atoms with Crippen molar-refractivity contribution >= 4 is 23.4 Å². The van der Waals surface area contributed by atoms with Gasteiger partial charge in [0.2, 0.25) is 5.91 Å². The van der Waals surface area contributed by atoms with Crippen molar-refractivity contribution in [2.75, 3.05) is 13.1 Å². The third-order valence-electron chi connectivity index (χ3n) is 4.16. The Bertz CT molecular complexity index is 700. The molecule has 0 aliphatic carbocycles. The summed E-state index contributed by atoms with van der Waals surface area (Å²) in [5.41, 5.74) is 0.594. The molecule has 0 saturated carbocycles. The van der Waals surface area contributed by atoms with Crippen molar-refractivity contribution in [3.63, 3.8) is 0 Å². The zero-order valence-electron chi connectivity index (χ0n) is 13.2. The fraction of sp³-hybridized carbons (Fsp3) is 0.353. The topological polar surface area (TPSA) is 78.1 Å². The standard InChI is InChI=1S/C17H19ClN4O2/c18-14-5-3-12(4-6-14)17(24)22-9-1-2-13(11-22)16(23)21-10-15-19-7-8-20-15/h3-8,13H,1-2,9-11H2,(H,19,20)(H,21,23)/t13-/m1/s1. The molecule has 2 amide bonds. The van der Waals surface area contributed by atoms with Crippen LogP contribution in [0, 0.1) is 5.92 Å². The van der Waals surface area contributed by atoms with Crippen LogP contribution in [0.5, 0.6) is 0 Å². The second-order valence-electron chi connectivity index (χ2n) is 5.85. The monoisotopic (exact) mass is 346 g/mol. The molecule has 1 aliphatic heterocycles. The lowest BCUT2D eigenvalue weighted by Gasteiger charge is -2.32. The number of carbonyl (C=O) groups excluding carboxylic acids is 2. The molecule has 0 unspecified atom stereocenters. The van der Waals surface area contributed by atoms with Gasteiger partial charge in [-0.1, -0.05) is 11.6 Å². The van der Waals surface area contributed by atoms with Gasteiger partial charge in [-0.25, -0.2) is 4.98 Å². The molecule has 1 aromatic heterocycles. The van der Waals surface area contributed by atoms with Gasteiger partial charge in [-0.05, 0) is 37.1 Å². The van der Waals surface area contributed by atoms with E-state index in [1.807, 2.05) is 0 Å². The highest BCUT2D eigenvalue weighted by Crippen LogP contribution is 2.20. The van der Waals surface area contributed by atoms with E-state index >= 15 is 0 Å². The lowest BCUT2D eigenvalue weighted by Crippen LogP contribution is -2.45. The number of carbonyl (C=O) groups is 2. The van der Waals surface area contributed by atoms with Crippen molar-refractivity contribution in [3.05, 3.63) is 53.1 Å². The molecule has 1 aliphatic rings. The third-order valence-corrected chi connectivity index (χ3v) is 4.41. The van der Waals surface area contributed by atoms with Gasteiger partial charge in [-0.2, -0.15) is 0 Å². The van der Waals surface area contributed by atoms with Crippen LogP contribution in [0.25, 0.3) is 0 Å². The molecule has 3 rings (SSSR count). The number of aromatic amines is 1. The first-order valence-electron chi connectivity index (χ1n) is 7.94. The first-order chi connectivity index (χ1) is 11.6. The van der Waals surface area contributed by atoms with Crippen molar-refractivity contribution in [1.82, 2.24) is 20.2 Å². The lowest BCUT2D eigenvalue weighted by molar-refractivity contribution is -0.126. The molecule has 126 valence electrons. The van der Waals surface area contributed by atoms with Crippen LogP contribution >= 0.6 is 11.6 Å². The molecule has 6 nitrogen and oxygen atoms in total. The maximum absolute atomic E-state index is 12.6. The average molecular weight is 347 g/mol. The van der Waals surface area contributed by atoms with E-state index in [-0.39, 0.29) is 17.7 Å². The maximum Gasteiger partial charge on any atom is 0.253 e. The van der Waals surface area contributed by atoms with Crippen molar-refractivity contribution in [2.45, 2.75) is 19.4 Å². The van der Waals surface area contributed by atoms with Gasteiger partial charge in [0.05, 0.1) is 12.5 Å². The molecule has 1 fully saturated rings. The molecule has 7 heteroatoms. The number of rotatable bonds is 4. The van der Waals surface area contributed by atoms with Crippen LogP contribution in [0.2, 0.25) is 5.02 Å². The van der Waals surface area contributed by atoms with Crippen molar-refractivity contribution in [2.24, 2.45) is 5.92 Å². The molecule has 1 atom stereocenters. The molecule has 0 spiro atoms. The lowest BCUT2D eigenvalue weighted by atomic mass is 9.96. The van der Waals surface area contributed by atoms with Gasteiger partial charge in [-0.3, -0.25) is 9.59 Å². The minimum Gasteiger partial charge on any atom is -0.349 e. The predicted octanol–water partition coefficient (Wildman–Crippen LogP) is 2.23. The molecule has 0 radical (unpaired) electrons. The van der Waals surface area contributed by atoms with E-state index in [0.717, 1.165) is 12.8 Å². The molecule has 1 aromatic carbocycles. The molecule has 2 aromatic rings. The van der Waals surface area contributed by atoms with Gasteiger partial charge in [0, 0.05) is 36.1 Å². The molecule has 0 bridgehead atoms. The second-order valence-corrected chi connectivity index (χ2v) is 6.29. The Balaban J connectivity index is 1.58. The Hall–Kier alpha value is -2.34. The number of benzene rings is 1. The van der Waals surface area contributed by atoms with E-state index in [1.54, 1.807) is 41.6 Å². The molecular formula is C17H19ClN4O2. The molecular weight excluding hydrogens is 328 g/mol. The van der Waals surface area contributed by atoms with E-state index in [9.17, 15) is 9.59 Å². The number of halogens is 1. The van der Waals surface area contributed by atoms with Crippen molar-refractivity contribution in [3.8, 4) is 0 Å². The number of nitrogens with zero attached hydrogens (tertiary/aromatic N) is 2. The fourth-order valence-corrected chi connectivity index (χ4v) is 2.99. The van der Waals surface area contributed by atoms with Gasteiger partial charge in [0.15, 0.2) is 0 Å². The summed E-state index contributed by atoms with van der Waals surface area (Å²) < 4.78 is 0. The minimum absolute atomic E-state index is 0.0417. The summed E-state index contributed by atoms with van der Waals surface area (Å²) in [4.78, 5) is 33.7. The highest BCUT2D eigenvalue weighted by atomic mass is 35.5. The summed E-state index contributed by atoms with van der Waals surface area (Å²) in [6.07, 6.45) is 4.97. The largest absolute Gasteiger partial charge is 0.349 e. The number of H-pyrrole nitrogens is 1. The van der Waals surface area contributed by atoms with Crippen molar-refractivity contribution < 1.29 is 9.59 Å². The summed E-state index contributed by atoms with van der Waals surface area (Å²) in [5.74, 6) is 0.424. The number of aromatic nitrogens is 2. The Kier molecular flexibility index (Phi) is 5.15. The summed E-state index contributed by atoms with van der Waals surface area (Å²) in [5, 5.41) is 3.47. The number of imidazole rings is 1. The highest BCUT2D eigenvalue weighted by molar-refractivity contribution is 6.30. The van der Waals surface area contributed by atoms with Gasteiger partial charge >= 0.3 is 0 Å². The highest BCUT2D eigenvalue weighted by Gasteiger charge is 2.28. The number of hydrogen-bond acceptors (Lipinski definition) is 3. The average Bonchev–Trinajstić information content (AvgIpc) is 3.13. The van der Waals surface area contributed by atoms with Gasteiger partial charge < -0.3 is 15.2 Å². The van der Waals surface area contributed by atoms with Gasteiger partial charge in [0.1, 0.15) is 5.82 Å². The minimum atomic E-state index is -0.190. The third kappa shape index (κ3) is 3.94. The Morgan fingerprint density at radius 3 is 2.83 bits per heavy atom. The van der Waals surface area contributed by atoms with Crippen LogP contribution in [-0.4, -0.2) is 39.8 Å². The van der Waals surface area contributed by atoms with E-state index in [2.05, 4.69) is 15.3 Å². The van der Waals surface area contributed by atoms with Crippen LogP contribution in [0.3, 0.4) is 0 Å². The fourth-order valence-electron chi connectivity index (χ4n) is 2.86. The number of amides is 2. The van der Waals surface area contributed by atoms with Gasteiger partial charge in [-0.15, -0.1) is 0 Å². The van der Waals surface area contributed by atoms with Crippen molar-refractivity contribution in [1.29, 1.82) is 0 Å². The first kappa shape index (κ1) is 16.5. The summed E-state index contributed by atoms with van der Waals surface area (Å²) in [6.45, 7) is 1.47. The van der Waals surface area contributed by atoms with Crippen LogP contribution in [0.15, 0.2) is 36.7 Å². The Morgan fingerprint density at radius 1 is 1.33 bits per heavy atom. The molecule has 2 N–H and O–H groups in total. The zero-order chi connectivity index (χ0) is 16.9. The summed E-state index contributed by atoms with van der Waals surface area (Å²) in [6, 6.07) is 6.83. The zero-order valence-corrected chi connectivity index (χ0v) is 13.9. The Labute approximate surface area is 145 Å². The number of nitrogens with one attached hydrogen (secondary N) is 2. The quantitative estimate of drug-likeness (QED) is 0.891. The number of likely N-dealkylation sites (tertiary alicyclic amines) is 1. The van der Waals surface area contributed by atoms with Crippen LogP contribution < -0.4 is 5.32 Å². The normalized spacial score (nSPS) is 17.5. The SMILES string of the molecule is O=C(NCc1ncc[nH]1)[C@@H]1CCCN(C(=O)c2ccc(Cl)cc2)C1. The second kappa shape index (κ2) is 7.49. The van der Waals surface area contributed by atoms with Crippen LogP contribution in [0.1, 0.15) is 29.0 Å². The number of hydrogen-bond donors (Lipinski definition) is 2. The van der Waals surface area contributed by atoms with E-state index in [1.165, 1.54) is 0 Å². The van der Waals surface area contributed by atoms with E-state index in [4.69, 9.17) is 11.6 Å². The van der Waals surface area contributed by atoms with Crippen LogP contribution in [0.4, 0.5) is 0 Å². The maximum atomic E-state index is 12.6. The van der Waals surface area contributed by atoms with Crippen LogP contribution in [-0.2, 0) is 11.3 Å². The van der Waals surface area contributed by atoms with E-state index < -0.39 is 0 Å². The van der Waals surface area contributed by atoms with E-state index in [0.29, 0.717) is 36.0 Å². The summed E-state index contributed by atoms with van der Waals surface area (Å²) in [7, 11) is 0. The Morgan fingerprint density at radius 2 is 2.12 bits per heavy atom. The number of piperidine rings is 1. The molecule has 1 saturated heterocycles. The van der Waals surface area contributed by atoms with Gasteiger partial charge in [0.25, 0.3) is 5.91 Å². The molecule has 2 heterocycles. The summed E-state index contributed by atoms with van der Waals surface area (Å²) >= 11 is 5.86.